The molecule has 0 saturated carbocycles. The van der Waals surface area contributed by atoms with Gasteiger partial charge in [0, 0.05) is 6.08 Å². The number of methoxy groups -OCH3 is 1. The summed E-state index contributed by atoms with van der Waals surface area (Å²) in [6.45, 7) is 3.52. The highest BCUT2D eigenvalue weighted by Gasteiger charge is 2.01. The molecule has 1 N–H and O–H groups in total. The van der Waals surface area contributed by atoms with Gasteiger partial charge in [-0.3, -0.25) is 9.59 Å². The lowest BCUT2D eigenvalue weighted by atomic mass is 10.3. The van der Waals surface area contributed by atoms with Crippen LogP contribution in [0.5, 0.6) is 0 Å². The van der Waals surface area contributed by atoms with Crippen LogP contribution in [-0.4, -0.2) is 25.5 Å². The lowest BCUT2D eigenvalue weighted by molar-refractivity contribution is -0.140. The standard InChI is InChI=1S/C8H13NO3/c1-6(2)4-7(10)9-5-8(11)12-3/h4H,5H2,1-3H3,(H,9,10). The normalized spacial score (nSPS) is 8.58. The third kappa shape index (κ3) is 5.46. The molecule has 0 aliphatic carbocycles. The van der Waals surface area contributed by atoms with E-state index in [-0.39, 0.29) is 12.5 Å². The lowest BCUT2D eigenvalue weighted by Crippen LogP contribution is -2.28. The van der Waals surface area contributed by atoms with E-state index in [1.54, 1.807) is 13.8 Å². The molecule has 0 atom stereocenters. The highest BCUT2D eigenvalue weighted by atomic mass is 16.5. The van der Waals surface area contributed by atoms with Crippen LogP contribution in [0.1, 0.15) is 13.8 Å². The van der Waals surface area contributed by atoms with Gasteiger partial charge in [-0.05, 0) is 13.8 Å². The Hall–Kier alpha value is -1.32. The van der Waals surface area contributed by atoms with E-state index in [2.05, 4.69) is 10.1 Å². The fourth-order valence-electron chi connectivity index (χ4n) is 0.545. The first-order chi connectivity index (χ1) is 5.56. The molecule has 0 aromatic carbocycles. The summed E-state index contributed by atoms with van der Waals surface area (Å²) in [6.07, 6.45) is 1.42. The Morgan fingerprint density at radius 1 is 1.42 bits per heavy atom. The van der Waals surface area contributed by atoms with Crippen LogP contribution in [-0.2, 0) is 14.3 Å². The van der Waals surface area contributed by atoms with Crippen molar-refractivity contribution >= 4 is 11.9 Å². The Morgan fingerprint density at radius 3 is 2.42 bits per heavy atom. The first-order valence-electron chi connectivity index (χ1n) is 3.56. The van der Waals surface area contributed by atoms with E-state index >= 15 is 0 Å². The van der Waals surface area contributed by atoms with Crippen molar-refractivity contribution in [3.63, 3.8) is 0 Å². The third-order valence-corrected chi connectivity index (χ3v) is 1.05. The summed E-state index contributed by atoms with van der Waals surface area (Å²) < 4.78 is 4.33. The van der Waals surface area contributed by atoms with Gasteiger partial charge in [0.25, 0.3) is 0 Å². The van der Waals surface area contributed by atoms with Crippen molar-refractivity contribution in [3.8, 4) is 0 Å². The smallest absolute Gasteiger partial charge is 0.325 e. The monoisotopic (exact) mass is 171 g/mol. The molecule has 0 rings (SSSR count). The molecule has 0 aliphatic rings. The number of allylic oxidation sites excluding steroid dienone is 1. The van der Waals surface area contributed by atoms with Gasteiger partial charge in [-0.1, -0.05) is 5.57 Å². The zero-order valence-electron chi connectivity index (χ0n) is 7.51. The van der Waals surface area contributed by atoms with E-state index in [1.165, 1.54) is 13.2 Å². The van der Waals surface area contributed by atoms with Gasteiger partial charge in [0.15, 0.2) is 0 Å². The first kappa shape index (κ1) is 10.7. The Labute approximate surface area is 71.6 Å². The molecule has 68 valence electrons. The molecule has 4 nitrogen and oxygen atoms in total. The van der Waals surface area contributed by atoms with Gasteiger partial charge >= 0.3 is 5.97 Å². The van der Waals surface area contributed by atoms with Crippen molar-refractivity contribution in [1.29, 1.82) is 0 Å². The molecule has 0 unspecified atom stereocenters. The maximum atomic E-state index is 10.9. The van der Waals surface area contributed by atoms with Crippen LogP contribution in [0.2, 0.25) is 0 Å². The number of carbonyl (C=O) groups excluding carboxylic acids is 2. The SMILES string of the molecule is COC(=O)CNC(=O)C=C(C)C. The largest absolute Gasteiger partial charge is 0.468 e. The van der Waals surface area contributed by atoms with E-state index in [0.717, 1.165) is 5.57 Å². The average molecular weight is 171 g/mol. The molecule has 0 aromatic rings. The van der Waals surface area contributed by atoms with Crippen LogP contribution in [0, 0.1) is 0 Å². The van der Waals surface area contributed by atoms with Gasteiger partial charge in [-0.25, -0.2) is 0 Å². The molecule has 0 aromatic heterocycles. The van der Waals surface area contributed by atoms with E-state index in [4.69, 9.17) is 0 Å². The van der Waals surface area contributed by atoms with Crippen LogP contribution < -0.4 is 5.32 Å². The third-order valence-electron chi connectivity index (χ3n) is 1.05. The van der Waals surface area contributed by atoms with Gasteiger partial charge in [-0.15, -0.1) is 0 Å². The molecule has 0 radical (unpaired) electrons. The van der Waals surface area contributed by atoms with Crippen molar-refractivity contribution < 1.29 is 14.3 Å². The summed E-state index contributed by atoms with van der Waals surface area (Å²) >= 11 is 0. The number of amides is 1. The van der Waals surface area contributed by atoms with Gasteiger partial charge in [-0.2, -0.15) is 0 Å². The highest BCUT2D eigenvalue weighted by molar-refractivity contribution is 5.90. The maximum Gasteiger partial charge on any atom is 0.325 e. The minimum atomic E-state index is -0.453. The van der Waals surface area contributed by atoms with Gasteiger partial charge in [0.2, 0.25) is 5.91 Å². The summed E-state index contributed by atoms with van der Waals surface area (Å²) in [5, 5.41) is 2.37. The predicted octanol–water partition coefficient (Wildman–Crippen LogP) is 0.242. The second kappa shape index (κ2) is 5.35. The predicted molar refractivity (Wildman–Crippen MR) is 44.5 cm³/mol. The molecule has 0 aliphatic heterocycles. The number of ether oxygens (including phenoxy) is 1. The van der Waals surface area contributed by atoms with Crippen LogP contribution in [0.4, 0.5) is 0 Å². The van der Waals surface area contributed by atoms with E-state index < -0.39 is 5.97 Å². The minimum Gasteiger partial charge on any atom is -0.468 e. The van der Waals surface area contributed by atoms with Crippen molar-refractivity contribution in [3.05, 3.63) is 11.6 Å². The molecule has 0 bridgehead atoms. The number of hydrogen-bond acceptors (Lipinski definition) is 3. The topological polar surface area (TPSA) is 55.4 Å². The van der Waals surface area contributed by atoms with Crippen LogP contribution in [0.15, 0.2) is 11.6 Å². The molecule has 4 heteroatoms. The van der Waals surface area contributed by atoms with Crippen molar-refractivity contribution in [2.45, 2.75) is 13.8 Å². The number of nitrogens with one attached hydrogen (secondary N) is 1. The number of rotatable bonds is 3. The van der Waals surface area contributed by atoms with Crippen LogP contribution in [0.25, 0.3) is 0 Å². The van der Waals surface area contributed by atoms with Gasteiger partial charge in [0.1, 0.15) is 6.54 Å². The summed E-state index contributed by atoms with van der Waals surface area (Å²) in [4.78, 5) is 21.4. The average Bonchev–Trinajstić information content (AvgIpc) is 1.99. The fourth-order valence-corrected chi connectivity index (χ4v) is 0.545. The van der Waals surface area contributed by atoms with Crippen molar-refractivity contribution in [2.24, 2.45) is 0 Å². The Morgan fingerprint density at radius 2 is 2.00 bits per heavy atom. The molecule has 0 saturated heterocycles. The van der Waals surface area contributed by atoms with Gasteiger partial charge < -0.3 is 10.1 Å². The van der Waals surface area contributed by atoms with E-state index in [9.17, 15) is 9.59 Å². The zero-order valence-corrected chi connectivity index (χ0v) is 7.51. The Balaban J connectivity index is 3.73. The highest BCUT2D eigenvalue weighted by Crippen LogP contribution is 1.86. The Bertz CT molecular complexity index is 204. The molecule has 0 fully saturated rings. The zero-order chi connectivity index (χ0) is 9.56. The quantitative estimate of drug-likeness (QED) is 0.489. The lowest BCUT2D eigenvalue weighted by Gasteiger charge is -1.99. The summed E-state index contributed by atoms with van der Waals surface area (Å²) in [5.41, 5.74) is 0.886. The molecule has 12 heavy (non-hydrogen) atoms. The number of hydrogen-bond donors (Lipinski definition) is 1. The fraction of sp³-hybridized carbons (Fsp3) is 0.500. The second-order valence-electron chi connectivity index (χ2n) is 2.52. The van der Waals surface area contributed by atoms with Crippen LogP contribution >= 0.6 is 0 Å². The summed E-state index contributed by atoms with van der Waals surface area (Å²) in [6, 6.07) is 0. The maximum absolute atomic E-state index is 10.9. The number of esters is 1. The van der Waals surface area contributed by atoms with E-state index in [1.807, 2.05) is 0 Å². The molecule has 1 amide bonds. The van der Waals surface area contributed by atoms with Crippen molar-refractivity contribution in [1.82, 2.24) is 5.32 Å². The molecular weight excluding hydrogens is 158 g/mol. The molecule has 0 spiro atoms. The summed E-state index contributed by atoms with van der Waals surface area (Å²) in [5.74, 6) is -0.731. The number of carbonyl (C=O) groups is 2. The molecule has 0 heterocycles. The van der Waals surface area contributed by atoms with Gasteiger partial charge in [0.05, 0.1) is 7.11 Å². The summed E-state index contributed by atoms with van der Waals surface area (Å²) in [7, 11) is 1.27. The molecular formula is C8H13NO3. The minimum absolute atomic E-state index is 0.0842. The van der Waals surface area contributed by atoms with E-state index in [0.29, 0.717) is 0 Å². The van der Waals surface area contributed by atoms with Crippen molar-refractivity contribution in [2.75, 3.05) is 13.7 Å². The Kier molecular flexibility index (Phi) is 4.76. The second-order valence-corrected chi connectivity index (χ2v) is 2.52. The first-order valence-corrected chi connectivity index (χ1v) is 3.56. The van der Waals surface area contributed by atoms with Crippen LogP contribution in [0.3, 0.4) is 0 Å².